The van der Waals surface area contributed by atoms with Crippen LogP contribution in [0.5, 0.6) is 0 Å². The summed E-state index contributed by atoms with van der Waals surface area (Å²) in [5, 5.41) is 65.7. The molecule has 0 bridgehead atoms. The van der Waals surface area contributed by atoms with E-state index in [9.17, 15) is 77.6 Å². The fourth-order valence-corrected chi connectivity index (χ4v) is 13.4. The summed E-state index contributed by atoms with van der Waals surface area (Å²) in [6, 6.07) is -4.61. The SMILES string of the molecule is CC(C)C[C@@H]1NC(=O)[C@H](Cc2cnc[nH]2)NC(=O)[C@H](Cc2c[nH]c3ccccc23)NC(=O)[C@H](C)NC(=O)[C@@H](NC(=O)[C@H](CC(=O)O)NC(C)C)CCSCC[C@@H](C(=O)N[C@H](C(N)=O)[C@@H](C)O)NC(=O)[C@H](Cc2c[nH]c3ccccc23)NC(=O)[C@H](C(C)C)NC(=O)[C@H](CC(C)C)NC(=O)[C@H](CCC(=O)O)NC(=O)CNC1=O. The van der Waals surface area contributed by atoms with Crippen LogP contribution in [0.25, 0.3) is 21.8 Å². The molecule has 13 atom stereocenters. The van der Waals surface area contributed by atoms with E-state index < -0.39 is 205 Å². The van der Waals surface area contributed by atoms with Gasteiger partial charge in [0.15, 0.2) is 0 Å². The van der Waals surface area contributed by atoms with Crippen molar-refractivity contribution in [2.45, 2.75) is 218 Å². The highest BCUT2D eigenvalue weighted by atomic mass is 32.2. The van der Waals surface area contributed by atoms with Crippen molar-refractivity contribution in [3.05, 3.63) is 90.3 Å². The fourth-order valence-electron chi connectivity index (χ4n) is 12.4. The molecule has 2 aromatic carbocycles. The first-order valence-corrected chi connectivity index (χ1v) is 38.1. The van der Waals surface area contributed by atoms with Crippen LogP contribution in [-0.2, 0) is 91.2 Å². The number of rotatable bonds is 24. The number of hydrogen-bond acceptors (Lipinski definition) is 19. The molecule has 606 valence electrons. The number of thioether (sulfide) groups is 1. The third-order valence-corrected chi connectivity index (χ3v) is 19.2. The summed E-state index contributed by atoms with van der Waals surface area (Å²) in [6.45, 7) is 15.1. The second-order valence-corrected chi connectivity index (χ2v) is 30.3. The molecule has 0 spiro atoms. The monoisotopic (exact) mass is 1570 g/mol. The summed E-state index contributed by atoms with van der Waals surface area (Å²) in [5.74, 6) is -16.7. The number of nitrogens with one attached hydrogen (secondary N) is 16. The van der Waals surface area contributed by atoms with Gasteiger partial charge >= 0.3 is 11.9 Å². The number of benzene rings is 2. The number of imidazole rings is 1. The van der Waals surface area contributed by atoms with E-state index in [0.717, 1.165) is 11.8 Å². The highest BCUT2D eigenvalue weighted by Gasteiger charge is 2.39. The normalized spacial score (nSPS) is 23.0. The third-order valence-electron chi connectivity index (χ3n) is 18.2. The molecule has 0 saturated carbocycles. The third kappa shape index (κ3) is 28.1. The Labute approximate surface area is 645 Å². The van der Waals surface area contributed by atoms with Crippen LogP contribution < -0.4 is 74.9 Å². The second-order valence-electron chi connectivity index (χ2n) is 29.1. The second kappa shape index (κ2) is 42.9. The number of carboxylic acid groups (broad SMARTS) is 2. The lowest BCUT2D eigenvalue weighted by molar-refractivity contribution is -0.140. The molecule has 1 aliphatic heterocycles. The Morgan fingerprint density at radius 1 is 0.577 bits per heavy atom. The molecule has 0 aliphatic carbocycles. The Hall–Kier alpha value is -10.9. The van der Waals surface area contributed by atoms with E-state index in [1.165, 1.54) is 26.4 Å². The van der Waals surface area contributed by atoms with Crippen molar-refractivity contribution in [3.8, 4) is 0 Å². The van der Waals surface area contributed by atoms with Gasteiger partial charge in [-0.15, -0.1) is 0 Å². The number of amides is 13. The molecule has 6 rings (SSSR count). The van der Waals surface area contributed by atoms with E-state index >= 15 is 9.59 Å². The molecule has 1 fully saturated rings. The van der Waals surface area contributed by atoms with Crippen LogP contribution >= 0.6 is 11.8 Å². The molecule has 1 aliphatic rings. The number of carboxylic acids is 2. The Morgan fingerprint density at radius 3 is 1.61 bits per heavy atom. The number of hydrogen-bond donors (Lipinski definition) is 20. The summed E-state index contributed by atoms with van der Waals surface area (Å²) in [7, 11) is 0. The van der Waals surface area contributed by atoms with Crippen LogP contribution in [0.3, 0.4) is 0 Å². The molecule has 0 unspecified atom stereocenters. The van der Waals surface area contributed by atoms with Gasteiger partial charge in [-0.1, -0.05) is 91.8 Å². The summed E-state index contributed by atoms with van der Waals surface area (Å²) in [5.41, 5.74) is 8.30. The highest BCUT2D eigenvalue weighted by molar-refractivity contribution is 7.99. The molecule has 4 heterocycles. The lowest BCUT2D eigenvalue weighted by atomic mass is 9.98. The Kier molecular flexibility index (Phi) is 34.3. The molecule has 13 amide bonds. The summed E-state index contributed by atoms with van der Waals surface area (Å²) in [6.07, 6.45) is 1.12. The maximum absolute atomic E-state index is 15.1. The molecule has 37 heteroatoms. The van der Waals surface area contributed by atoms with E-state index in [1.54, 1.807) is 116 Å². The van der Waals surface area contributed by atoms with Crippen LogP contribution in [0.2, 0.25) is 0 Å². The number of carbonyl (C=O) groups is 15. The van der Waals surface area contributed by atoms with Gasteiger partial charge in [-0.05, 0) is 98.5 Å². The molecule has 0 radical (unpaired) electrons. The number of aliphatic hydroxyl groups excluding tert-OH is 1. The summed E-state index contributed by atoms with van der Waals surface area (Å²) in [4.78, 5) is 225. The van der Waals surface area contributed by atoms with Gasteiger partial charge in [-0.2, -0.15) is 11.8 Å². The predicted octanol–water partition coefficient (Wildman–Crippen LogP) is -1.28. The first kappa shape index (κ1) is 88.9. The van der Waals surface area contributed by atoms with Crippen LogP contribution in [0, 0.1) is 17.8 Å². The number of aliphatic hydroxyl groups is 1. The van der Waals surface area contributed by atoms with Crippen LogP contribution in [-0.4, -0.2) is 227 Å². The minimum Gasteiger partial charge on any atom is -0.481 e. The fraction of sp³-hybridized carbons (Fsp3) is 0.541. The van der Waals surface area contributed by atoms with Gasteiger partial charge in [-0.25, -0.2) is 4.98 Å². The molecule has 3 aromatic heterocycles. The molecule has 5 aromatic rings. The van der Waals surface area contributed by atoms with Crippen molar-refractivity contribution in [2.75, 3.05) is 18.1 Å². The number of H-pyrrole nitrogens is 3. The van der Waals surface area contributed by atoms with E-state index in [2.05, 4.69) is 89.1 Å². The van der Waals surface area contributed by atoms with Crippen LogP contribution in [0.15, 0.2) is 73.4 Å². The largest absolute Gasteiger partial charge is 0.481 e. The topological polar surface area (TPSA) is 559 Å². The van der Waals surface area contributed by atoms with E-state index in [0.29, 0.717) is 38.6 Å². The molecular formula is C74H106N18O18S. The quantitative estimate of drug-likeness (QED) is 0.0342. The van der Waals surface area contributed by atoms with Gasteiger partial charge in [0.2, 0.25) is 76.8 Å². The van der Waals surface area contributed by atoms with E-state index in [4.69, 9.17) is 5.73 Å². The van der Waals surface area contributed by atoms with Crippen molar-refractivity contribution in [2.24, 2.45) is 23.5 Å². The van der Waals surface area contributed by atoms with Gasteiger partial charge in [0.25, 0.3) is 0 Å². The van der Waals surface area contributed by atoms with Crippen molar-refractivity contribution in [1.29, 1.82) is 0 Å². The zero-order valence-electron chi connectivity index (χ0n) is 63.8. The zero-order valence-corrected chi connectivity index (χ0v) is 64.7. The van der Waals surface area contributed by atoms with Gasteiger partial charge in [0.1, 0.15) is 66.5 Å². The molecule has 1 saturated heterocycles. The molecule has 111 heavy (non-hydrogen) atoms. The smallest absolute Gasteiger partial charge is 0.305 e. The van der Waals surface area contributed by atoms with E-state index in [1.807, 2.05) is 0 Å². The molecule has 36 nitrogen and oxygen atoms in total. The van der Waals surface area contributed by atoms with Crippen molar-refractivity contribution >= 4 is 122 Å². The minimum absolute atomic E-state index is 0.0335. The maximum Gasteiger partial charge on any atom is 0.305 e. The lowest BCUT2D eigenvalue weighted by Gasteiger charge is -2.29. The Balaban J connectivity index is 1.44. The van der Waals surface area contributed by atoms with Crippen LogP contribution in [0.1, 0.15) is 131 Å². The molecular weight excluding hydrogens is 1460 g/mol. The van der Waals surface area contributed by atoms with Crippen molar-refractivity contribution < 1.29 is 87.2 Å². The maximum atomic E-state index is 15.1. The Morgan fingerprint density at radius 2 is 1.09 bits per heavy atom. The number of aliphatic carboxylic acids is 2. The number of nitrogens with zero attached hydrogens (tertiary/aromatic N) is 1. The lowest BCUT2D eigenvalue weighted by Crippen LogP contribution is -2.61. The standard InChI is InChI=1S/C74H106N18O18S/c1-36(2)25-52-65(101)79-34-58(94)83-49(19-20-59(95)96)67(103)88-53(26-37(3)4)73(109)91-61(38(5)6)74(110)90-55(28-43-32-78-48-18-14-12-16-46(43)48)69(105)85-51(68(104)92-62(41(10)93)63(75)99)22-24-111-23-21-50(84-72(108)57(30-60(97)98)81-39(7)8)66(102)82-40(9)64(100)86-54(27-42-31-77-47-17-13-11-15-45(42)47)70(106)89-56(71(107)87-52)29-44-33-76-35-80-44/h11-18,31-33,35-41,49-57,61-62,77-78,81,93H,19-30,34H2,1-10H3,(H2,75,99)(H,76,80)(H,79,101)(H,82,102)(H,83,94)(H,84,108)(H,85,105)(H,86,100)(H,87,107)(H,88,103)(H,89,106)(H,90,110)(H,91,109)(H,92,104)(H,95,96)(H,97,98)/t40-,41+,49-,50-,51-,52-,53-,54-,55-,56-,57-,61-,62-/m0/s1. The summed E-state index contributed by atoms with van der Waals surface area (Å²) < 4.78 is 0. The minimum atomic E-state index is -1.68. The van der Waals surface area contributed by atoms with Crippen molar-refractivity contribution in [1.82, 2.24) is 89.1 Å². The van der Waals surface area contributed by atoms with Gasteiger partial charge in [0.05, 0.1) is 31.4 Å². The number of primary amides is 1. The van der Waals surface area contributed by atoms with Gasteiger partial charge in [-0.3, -0.25) is 71.9 Å². The van der Waals surface area contributed by atoms with E-state index in [-0.39, 0.29) is 68.3 Å². The number of para-hydroxylation sites is 2. The van der Waals surface area contributed by atoms with Crippen LogP contribution in [0.4, 0.5) is 0 Å². The average Bonchev–Trinajstić information content (AvgIpc) is 1.69. The number of fused-ring (bicyclic) bond motifs is 2. The summed E-state index contributed by atoms with van der Waals surface area (Å²) >= 11 is 1.09. The van der Waals surface area contributed by atoms with Gasteiger partial charge in [0, 0.05) is 77.8 Å². The number of aromatic amines is 3. The van der Waals surface area contributed by atoms with Gasteiger partial charge < -0.3 is 105 Å². The predicted molar refractivity (Wildman–Crippen MR) is 409 cm³/mol. The first-order valence-electron chi connectivity index (χ1n) is 36.9. The van der Waals surface area contributed by atoms with Crippen molar-refractivity contribution in [3.63, 3.8) is 0 Å². The number of aromatic nitrogens is 4. The highest BCUT2D eigenvalue weighted by Crippen LogP contribution is 2.23. The average molecular weight is 1570 g/mol. The number of carbonyl (C=O) groups excluding carboxylic acids is 13. The number of nitrogens with two attached hydrogens (primary N) is 1. The first-order chi connectivity index (χ1) is 52.5. The zero-order chi connectivity index (χ0) is 81.9. The Bertz CT molecular complexity index is 4090. The molecule has 21 N–H and O–H groups in total.